The lowest BCUT2D eigenvalue weighted by molar-refractivity contribution is 0.0997. The molecular formula is C23H14Cl2N4O2. The molecule has 0 spiro atoms. The topological polar surface area (TPSA) is 73.0 Å². The number of carbonyl (C=O) groups excluding carboxylic acids is 1. The van der Waals surface area contributed by atoms with Crippen molar-refractivity contribution in [3.8, 4) is 17.0 Å². The van der Waals surface area contributed by atoms with Gasteiger partial charge in [-0.15, -0.1) is 10.2 Å². The summed E-state index contributed by atoms with van der Waals surface area (Å²) in [4.78, 5) is 14.2. The monoisotopic (exact) mass is 448 g/mol. The van der Waals surface area contributed by atoms with Crippen LogP contribution >= 0.6 is 23.2 Å². The van der Waals surface area contributed by atoms with E-state index < -0.39 is 0 Å². The molecule has 0 bridgehead atoms. The Morgan fingerprint density at radius 1 is 0.839 bits per heavy atom. The number of halogens is 2. The number of nitrogens with zero attached hydrogens (tertiary/aromatic N) is 3. The number of carbonyl (C=O) groups is 1. The molecule has 152 valence electrons. The Kier molecular flexibility index (Phi) is 4.94. The van der Waals surface area contributed by atoms with E-state index in [0.717, 1.165) is 16.8 Å². The molecule has 8 heteroatoms. The molecule has 0 aliphatic heterocycles. The van der Waals surface area contributed by atoms with Gasteiger partial charge in [0.1, 0.15) is 16.8 Å². The number of aromatic nitrogens is 3. The Morgan fingerprint density at radius 3 is 2.45 bits per heavy atom. The molecule has 3 aromatic carbocycles. The maximum Gasteiger partial charge on any atom is 0.291 e. The van der Waals surface area contributed by atoms with Crippen molar-refractivity contribution in [3.63, 3.8) is 0 Å². The second-order valence-electron chi connectivity index (χ2n) is 6.78. The summed E-state index contributed by atoms with van der Waals surface area (Å²) >= 11 is 12.0. The van der Waals surface area contributed by atoms with E-state index in [0.29, 0.717) is 27.0 Å². The molecule has 2 heterocycles. The maximum absolute atomic E-state index is 12.6. The van der Waals surface area contributed by atoms with Gasteiger partial charge in [0.2, 0.25) is 0 Å². The number of nitrogens with one attached hydrogen (secondary N) is 1. The maximum atomic E-state index is 12.6. The second kappa shape index (κ2) is 7.91. The Balaban J connectivity index is 1.36. The highest BCUT2D eigenvalue weighted by molar-refractivity contribution is 6.42. The summed E-state index contributed by atoms with van der Waals surface area (Å²) < 4.78 is 5.70. The average molecular weight is 449 g/mol. The first-order chi connectivity index (χ1) is 15.1. The lowest BCUT2D eigenvalue weighted by atomic mass is 10.2. The van der Waals surface area contributed by atoms with Crippen molar-refractivity contribution in [2.24, 2.45) is 0 Å². The quantitative estimate of drug-likeness (QED) is 0.353. The standard InChI is InChI=1S/C23H14Cl2N4O2/c24-17-8-6-14(12-18(17)25)21-10-11-22(31-21)23(30)26-15-7-9-19-20(13-15)28-29(27-19)16-4-2-1-3-5-16/h1-13H,(H,26,30). The van der Waals surface area contributed by atoms with Gasteiger partial charge < -0.3 is 9.73 Å². The molecule has 0 atom stereocenters. The molecule has 31 heavy (non-hydrogen) atoms. The fourth-order valence-corrected chi connectivity index (χ4v) is 3.42. The third kappa shape index (κ3) is 3.91. The van der Waals surface area contributed by atoms with Crippen LogP contribution in [0.5, 0.6) is 0 Å². The molecule has 0 aliphatic rings. The third-order valence-electron chi connectivity index (χ3n) is 4.66. The minimum atomic E-state index is -0.374. The number of para-hydroxylation sites is 1. The first kappa shape index (κ1) is 19.4. The van der Waals surface area contributed by atoms with Gasteiger partial charge >= 0.3 is 0 Å². The third-order valence-corrected chi connectivity index (χ3v) is 5.40. The zero-order valence-corrected chi connectivity index (χ0v) is 17.4. The van der Waals surface area contributed by atoms with E-state index in [2.05, 4.69) is 15.5 Å². The van der Waals surface area contributed by atoms with E-state index in [1.807, 2.05) is 30.3 Å². The van der Waals surface area contributed by atoms with E-state index in [-0.39, 0.29) is 11.7 Å². The highest BCUT2D eigenvalue weighted by Gasteiger charge is 2.14. The zero-order chi connectivity index (χ0) is 21.4. The van der Waals surface area contributed by atoms with Crippen LogP contribution in [0.4, 0.5) is 5.69 Å². The number of amides is 1. The Morgan fingerprint density at radius 2 is 1.65 bits per heavy atom. The molecule has 0 saturated heterocycles. The fourth-order valence-electron chi connectivity index (χ4n) is 3.13. The van der Waals surface area contributed by atoms with Gasteiger partial charge in [-0.25, -0.2) is 0 Å². The molecule has 0 fully saturated rings. The highest BCUT2D eigenvalue weighted by atomic mass is 35.5. The Hall–Kier alpha value is -3.61. The molecule has 5 rings (SSSR count). The molecule has 2 aromatic heterocycles. The number of hydrogen-bond donors (Lipinski definition) is 1. The number of rotatable bonds is 4. The van der Waals surface area contributed by atoms with Crippen molar-refractivity contribution in [2.75, 3.05) is 5.32 Å². The van der Waals surface area contributed by atoms with Crippen molar-refractivity contribution in [1.82, 2.24) is 15.0 Å². The highest BCUT2D eigenvalue weighted by Crippen LogP contribution is 2.30. The summed E-state index contributed by atoms with van der Waals surface area (Å²) in [6, 6.07) is 23.4. The first-order valence-electron chi connectivity index (χ1n) is 9.36. The van der Waals surface area contributed by atoms with Gasteiger partial charge in [-0.1, -0.05) is 41.4 Å². The molecule has 5 aromatic rings. The SMILES string of the molecule is O=C(Nc1ccc2nn(-c3ccccc3)nc2c1)c1ccc(-c2ccc(Cl)c(Cl)c2)o1. The van der Waals surface area contributed by atoms with Crippen LogP contribution in [0.25, 0.3) is 28.0 Å². The molecule has 0 radical (unpaired) electrons. The largest absolute Gasteiger partial charge is 0.451 e. The van der Waals surface area contributed by atoms with Crippen LogP contribution < -0.4 is 5.32 Å². The molecule has 0 saturated carbocycles. The average Bonchev–Trinajstić information content (AvgIpc) is 3.43. The van der Waals surface area contributed by atoms with Crippen LogP contribution in [-0.4, -0.2) is 20.9 Å². The zero-order valence-electron chi connectivity index (χ0n) is 15.9. The van der Waals surface area contributed by atoms with Crippen molar-refractivity contribution >= 4 is 45.8 Å². The number of anilines is 1. The predicted octanol–water partition coefficient (Wildman–Crippen LogP) is 6.24. The Bertz CT molecular complexity index is 1410. The molecule has 1 amide bonds. The van der Waals surface area contributed by atoms with Crippen LogP contribution in [0.15, 0.2) is 83.3 Å². The predicted molar refractivity (Wildman–Crippen MR) is 121 cm³/mol. The van der Waals surface area contributed by atoms with Crippen molar-refractivity contribution in [2.45, 2.75) is 0 Å². The van der Waals surface area contributed by atoms with Gasteiger partial charge in [-0.2, -0.15) is 4.80 Å². The van der Waals surface area contributed by atoms with Crippen LogP contribution in [0.2, 0.25) is 10.0 Å². The smallest absolute Gasteiger partial charge is 0.291 e. The van der Waals surface area contributed by atoms with Gasteiger partial charge in [-0.05, 0) is 60.7 Å². The van der Waals surface area contributed by atoms with Crippen LogP contribution in [0.3, 0.4) is 0 Å². The molecule has 1 N–H and O–H groups in total. The van der Waals surface area contributed by atoms with Gasteiger partial charge in [0.05, 0.1) is 15.7 Å². The van der Waals surface area contributed by atoms with Crippen molar-refractivity contribution in [1.29, 1.82) is 0 Å². The summed E-state index contributed by atoms with van der Waals surface area (Å²) in [5.41, 5.74) is 3.56. The second-order valence-corrected chi connectivity index (χ2v) is 7.59. The van der Waals surface area contributed by atoms with E-state index >= 15 is 0 Å². The number of benzene rings is 3. The van der Waals surface area contributed by atoms with E-state index in [4.69, 9.17) is 27.6 Å². The van der Waals surface area contributed by atoms with E-state index in [1.54, 1.807) is 53.3 Å². The van der Waals surface area contributed by atoms with Gasteiger partial charge in [-0.3, -0.25) is 4.79 Å². The van der Waals surface area contributed by atoms with Gasteiger partial charge in [0.15, 0.2) is 5.76 Å². The molecule has 0 aliphatic carbocycles. The summed E-state index contributed by atoms with van der Waals surface area (Å²) in [7, 11) is 0. The molecular weight excluding hydrogens is 435 g/mol. The number of hydrogen-bond acceptors (Lipinski definition) is 4. The molecule has 6 nitrogen and oxygen atoms in total. The summed E-state index contributed by atoms with van der Waals surface area (Å²) in [6.45, 7) is 0. The van der Waals surface area contributed by atoms with Crippen LogP contribution in [0.1, 0.15) is 10.6 Å². The minimum Gasteiger partial charge on any atom is -0.451 e. The first-order valence-corrected chi connectivity index (χ1v) is 10.1. The van der Waals surface area contributed by atoms with Crippen molar-refractivity contribution in [3.05, 3.63) is 94.7 Å². The fraction of sp³-hybridized carbons (Fsp3) is 0. The minimum absolute atomic E-state index is 0.175. The number of fused-ring (bicyclic) bond motifs is 1. The lowest BCUT2D eigenvalue weighted by Gasteiger charge is -2.03. The summed E-state index contributed by atoms with van der Waals surface area (Å²) in [5.74, 6) is 0.320. The van der Waals surface area contributed by atoms with E-state index in [9.17, 15) is 4.79 Å². The summed E-state index contributed by atoms with van der Waals surface area (Å²) in [6.07, 6.45) is 0. The van der Waals surface area contributed by atoms with Crippen LogP contribution in [0, 0.1) is 0 Å². The summed E-state index contributed by atoms with van der Waals surface area (Å²) in [5, 5.41) is 12.7. The van der Waals surface area contributed by atoms with Gasteiger partial charge in [0.25, 0.3) is 5.91 Å². The number of furan rings is 1. The van der Waals surface area contributed by atoms with Crippen LogP contribution in [-0.2, 0) is 0 Å². The normalized spacial score (nSPS) is 11.0. The van der Waals surface area contributed by atoms with E-state index in [1.165, 1.54) is 0 Å². The van der Waals surface area contributed by atoms with Gasteiger partial charge in [0, 0.05) is 11.3 Å². The van der Waals surface area contributed by atoms with Crippen molar-refractivity contribution < 1.29 is 9.21 Å². The molecule has 0 unspecified atom stereocenters. The lowest BCUT2D eigenvalue weighted by Crippen LogP contribution is -2.10. The Labute approximate surface area is 187 Å².